The Labute approximate surface area is 121 Å². The second kappa shape index (κ2) is 8.51. The Kier molecular flexibility index (Phi) is 6.66. The monoisotopic (exact) mass is 296 g/mol. The summed E-state index contributed by atoms with van der Waals surface area (Å²) < 4.78 is 14.4. The summed E-state index contributed by atoms with van der Waals surface area (Å²) in [5.41, 5.74) is 0.454. The van der Waals surface area contributed by atoms with Crippen molar-refractivity contribution in [3.63, 3.8) is 0 Å². The van der Waals surface area contributed by atoms with Crippen LogP contribution in [0, 0.1) is 0 Å². The topological polar surface area (TPSA) is 104 Å². The van der Waals surface area contributed by atoms with E-state index in [0.717, 1.165) is 0 Å². The third-order valence-corrected chi connectivity index (χ3v) is 2.10. The minimum absolute atomic E-state index is 0.000599. The molecule has 1 heterocycles. The molecule has 8 nitrogen and oxygen atoms in total. The van der Waals surface area contributed by atoms with E-state index in [4.69, 9.17) is 9.47 Å². The Morgan fingerprint density at radius 3 is 2.57 bits per heavy atom. The van der Waals surface area contributed by atoms with Crippen LogP contribution in [0.5, 0.6) is 5.75 Å². The van der Waals surface area contributed by atoms with Gasteiger partial charge < -0.3 is 19.5 Å². The Balaban J connectivity index is 2.39. The lowest BCUT2D eigenvalue weighted by atomic mass is 10.3. The van der Waals surface area contributed by atoms with Crippen LogP contribution in [0.4, 0.5) is 4.79 Å². The van der Waals surface area contributed by atoms with E-state index in [0.29, 0.717) is 5.69 Å². The minimum Gasteiger partial charge on any atom is -0.464 e. The van der Waals surface area contributed by atoms with Crippen molar-refractivity contribution in [2.45, 2.75) is 20.5 Å². The van der Waals surface area contributed by atoms with Crippen molar-refractivity contribution in [2.24, 2.45) is 0 Å². The number of ether oxygens (including phenoxy) is 3. The van der Waals surface area contributed by atoms with Crippen LogP contribution in [0.25, 0.3) is 0 Å². The van der Waals surface area contributed by atoms with E-state index in [1.807, 2.05) is 0 Å². The molecule has 8 heteroatoms. The zero-order valence-corrected chi connectivity index (χ0v) is 11.8. The first-order valence-corrected chi connectivity index (χ1v) is 6.14. The highest BCUT2D eigenvalue weighted by atomic mass is 16.6. The molecule has 1 N–H and O–H groups in total. The molecule has 1 amide bonds. The first-order chi connectivity index (χ1) is 9.97. The fourth-order valence-corrected chi connectivity index (χ4v) is 1.27. The molecule has 1 aromatic rings. The second-order valence-electron chi connectivity index (χ2n) is 3.92. The maximum atomic E-state index is 11.5. The number of nitrogens with one attached hydrogen (secondary N) is 1. The smallest absolute Gasteiger partial charge is 0.412 e. The molecule has 0 unspecified atom stereocenters. The molecule has 0 radical (unpaired) electrons. The Morgan fingerprint density at radius 1 is 1.19 bits per heavy atom. The summed E-state index contributed by atoms with van der Waals surface area (Å²) in [6.07, 6.45) is 0.743. The van der Waals surface area contributed by atoms with Crippen molar-refractivity contribution in [1.29, 1.82) is 0 Å². The van der Waals surface area contributed by atoms with Gasteiger partial charge in [-0.05, 0) is 6.07 Å². The lowest BCUT2D eigenvalue weighted by molar-refractivity contribution is -0.142. The molecular weight excluding hydrogens is 280 g/mol. The lowest BCUT2D eigenvalue weighted by Crippen LogP contribution is -2.30. The molecular formula is C13H16N2O6. The molecule has 21 heavy (non-hydrogen) atoms. The molecule has 0 spiro atoms. The number of rotatable bonds is 6. The van der Waals surface area contributed by atoms with Gasteiger partial charge in [-0.1, -0.05) is 0 Å². The summed E-state index contributed by atoms with van der Waals surface area (Å²) >= 11 is 0. The first-order valence-electron chi connectivity index (χ1n) is 6.14. The number of esters is 2. The Hall–Kier alpha value is -2.64. The van der Waals surface area contributed by atoms with Gasteiger partial charge in [0.2, 0.25) is 0 Å². The van der Waals surface area contributed by atoms with Gasteiger partial charge >= 0.3 is 18.0 Å². The zero-order chi connectivity index (χ0) is 15.7. The summed E-state index contributed by atoms with van der Waals surface area (Å²) in [5.74, 6) is -0.585. The van der Waals surface area contributed by atoms with Crippen molar-refractivity contribution in [2.75, 3.05) is 13.2 Å². The maximum Gasteiger partial charge on any atom is 0.412 e. The second-order valence-corrected chi connectivity index (χ2v) is 3.92. The summed E-state index contributed by atoms with van der Waals surface area (Å²) in [7, 11) is 0. The van der Waals surface area contributed by atoms with Crippen molar-refractivity contribution in [1.82, 2.24) is 10.3 Å². The summed E-state index contributed by atoms with van der Waals surface area (Å²) in [5, 5.41) is 2.41. The number of hydrogen-bond donors (Lipinski definition) is 1. The quantitative estimate of drug-likeness (QED) is 0.611. The van der Waals surface area contributed by atoms with Crippen LogP contribution in [-0.2, 0) is 25.7 Å². The molecule has 0 aliphatic heterocycles. The normalized spacial score (nSPS) is 9.62. The fraction of sp³-hybridized carbons (Fsp3) is 0.385. The molecule has 0 atom stereocenters. The maximum absolute atomic E-state index is 11.5. The van der Waals surface area contributed by atoms with E-state index in [2.05, 4.69) is 15.0 Å². The third-order valence-electron chi connectivity index (χ3n) is 2.10. The van der Waals surface area contributed by atoms with Crippen LogP contribution < -0.4 is 10.1 Å². The molecule has 0 saturated carbocycles. The molecule has 0 aliphatic rings. The molecule has 1 rings (SSSR count). The van der Waals surface area contributed by atoms with Crippen LogP contribution in [0.3, 0.4) is 0 Å². The highest BCUT2D eigenvalue weighted by Gasteiger charge is 2.06. The Morgan fingerprint density at radius 2 is 1.90 bits per heavy atom. The van der Waals surface area contributed by atoms with Crippen LogP contribution in [0.15, 0.2) is 18.3 Å². The Bertz CT molecular complexity index is 517. The van der Waals surface area contributed by atoms with Crippen LogP contribution >= 0.6 is 0 Å². The van der Waals surface area contributed by atoms with Gasteiger partial charge in [-0.2, -0.15) is 0 Å². The van der Waals surface area contributed by atoms with Gasteiger partial charge in [0, 0.05) is 26.1 Å². The highest BCUT2D eigenvalue weighted by Crippen LogP contribution is 2.11. The molecule has 0 bridgehead atoms. The number of carbonyl (C=O) groups is 3. The van der Waals surface area contributed by atoms with E-state index in [9.17, 15) is 14.4 Å². The highest BCUT2D eigenvalue weighted by molar-refractivity contribution is 5.70. The molecule has 114 valence electrons. The van der Waals surface area contributed by atoms with Gasteiger partial charge in [0.25, 0.3) is 0 Å². The number of hydrogen-bond acceptors (Lipinski definition) is 7. The van der Waals surface area contributed by atoms with Gasteiger partial charge in [0.1, 0.15) is 19.0 Å². The fourth-order valence-electron chi connectivity index (χ4n) is 1.27. The van der Waals surface area contributed by atoms with Crippen LogP contribution in [-0.4, -0.2) is 36.2 Å². The standard InChI is InChI=1S/C13H16N2O6/c1-9(16)19-6-5-15-13(18)21-12-3-4-14-11(7-12)8-20-10(2)17/h3-4,7H,5-6,8H2,1-2H3,(H,15,18). The summed E-state index contributed by atoms with van der Waals surface area (Å²) in [6.45, 7) is 2.78. The summed E-state index contributed by atoms with van der Waals surface area (Å²) in [6, 6.07) is 2.97. The van der Waals surface area contributed by atoms with Crippen molar-refractivity contribution >= 4 is 18.0 Å². The van der Waals surface area contributed by atoms with Gasteiger partial charge in [-0.15, -0.1) is 0 Å². The number of aromatic nitrogens is 1. The van der Waals surface area contributed by atoms with E-state index in [1.54, 1.807) is 0 Å². The molecule has 0 saturated heterocycles. The van der Waals surface area contributed by atoms with E-state index < -0.39 is 18.0 Å². The molecule has 0 fully saturated rings. The number of pyridine rings is 1. The predicted octanol–water partition coefficient (Wildman–Crippen LogP) is 0.796. The van der Waals surface area contributed by atoms with E-state index in [1.165, 1.54) is 32.2 Å². The minimum atomic E-state index is -0.688. The molecule has 0 aromatic carbocycles. The van der Waals surface area contributed by atoms with Gasteiger partial charge in [-0.3, -0.25) is 14.6 Å². The average Bonchev–Trinajstić information content (AvgIpc) is 2.41. The SMILES string of the molecule is CC(=O)OCCNC(=O)Oc1ccnc(COC(C)=O)c1. The summed E-state index contributed by atoms with van der Waals surface area (Å²) in [4.78, 5) is 36.6. The lowest BCUT2D eigenvalue weighted by Gasteiger charge is -2.07. The van der Waals surface area contributed by atoms with Gasteiger partial charge in [0.15, 0.2) is 0 Å². The largest absolute Gasteiger partial charge is 0.464 e. The average molecular weight is 296 g/mol. The van der Waals surface area contributed by atoms with E-state index >= 15 is 0 Å². The number of amides is 1. The third kappa shape index (κ3) is 7.51. The van der Waals surface area contributed by atoms with Crippen LogP contribution in [0.2, 0.25) is 0 Å². The van der Waals surface area contributed by atoms with Crippen molar-refractivity contribution in [3.05, 3.63) is 24.0 Å². The van der Waals surface area contributed by atoms with Gasteiger partial charge in [-0.25, -0.2) is 4.79 Å². The number of carbonyl (C=O) groups excluding carboxylic acids is 3. The van der Waals surface area contributed by atoms with Crippen molar-refractivity contribution in [3.8, 4) is 5.75 Å². The zero-order valence-electron chi connectivity index (χ0n) is 11.8. The van der Waals surface area contributed by atoms with Gasteiger partial charge in [0.05, 0.1) is 12.2 Å². The number of nitrogens with zero attached hydrogens (tertiary/aromatic N) is 1. The van der Waals surface area contributed by atoms with Crippen LogP contribution in [0.1, 0.15) is 19.5 Å². The predicted molar refractivity (Wildman–Crippen MR) is 70.4 cm³/mol. The van der Waals surface area contributed by atoms with E-state index in [-0.39, 0.29) is 25.5 Å². The van der Waals surface area contributed by atoms with Crippen molar-refractivity contribution < 1.29 is 28.6 Å². The first kappa shape index (κ1) is 16.4. The molecule has 1 aromatic heterocycles. The molecule has 0 aliphatic carbocycles.